The molecule has 0 bridgehead atoms. The maximum atomic E-state index is 12.5. The fraction of sp³-hybridized carbons (Fsp3) is 0.409. The van der Waals surface area contributed by atoms with E-state index in [4.69, 9.17) is 0 Å². The highest BCUT2D eigenvalue weighted by atomic mass is 16.2. The van der Waals surface area contributed by atoms with Crippen LogP contribution in [0.25, 0.3) is 5.78 Å². The molecule has 162 valence electrons. The quantitative estimate of drug-likeness (QED) is 0.506. The van der Waals surface area contributed by atoms with Crippen molar-refractivity contribution in [3.05, 3.63) is 47.9 Å². The van der Waals surface area contributed by atoms with E-state index >= 15 is 0 Å². The van der Waals surface area contributed by atoms with Crippen LogP contribution in [0.3, 0.4) is 0 Å². The molecule has 0 radical (unpaired) electrons. The molecular weight excluding hydrogens is 394 g/mol. The van der Waals surface area contributed by atoms with E-state index in [9.17, 15) is 9.59 Å². The van der Waals surface area contributed by atoms with E-state index < -0.39 is 0 Å². The highest BCUT2D eigenvalue weighted by molar-refractivity contribution is 5.97. The molecule has 1 aliphatic carbocycles. The topological polar surface area (TPSA) is 113 Å². The molecule has 9 nitrogen and oxygen atoms in total. The Balaban J connectivity index is 1.29. The van der Waals surface area contributed by atoms with Crippen LogP contribution in [0.1, 0.15) is 48.2 Å². The van der Waals surface area contributed by atoms with Crippen molar-refractivity contribution in [1.29, 1.82) is 0 Å². The summed E-state index contributed by atoms with van der Waals surface area (Å²) in [5.74, 6) is 1.23. The van der Waals surface area contributed by atoms with Gasteiger partial charge in [0.1, 0.15) is 12.1 Å². The molecule has 0 spiro atoms. The molecule has 31 heavy (non-hydrogen) atoms. The van der Waals surface area contributed by atoms with Crippen molar-refractivity contribution in [3.63, 3.8) is 0 Å². The average Bonchev–Trinajstić information content (AvgIpc) is 3.25. The van der Waals surface area contributed by atoms with Crippen LogP contribution in [0.5, 0.6) is 0 Å². The maximum absolute atomic E-state index is 12.5. The minimum Gasteiger partial charge on any atom is -0.368 e. The summed E-state index contributed by atoms with van der Waals surface area (Å²) < 4.78 is 1.62. The van der Waals surface area contributed by atoms with Gasteiger partial charge < -0.3 is 16.0 Å². The zero-order chi connectivity index (χ0) is 21.6. The van der Waals surface area contributed by atoms with Crippen LogP contribution in [0.15, 0.2) is 36.7 Å². The first kappa shape index (κ1) is 20.8. The smallest absolute Gasteiger partial charge is 0.254 e. The van der Waals surface area contributed by atoms with Gasteiger partial charge in [0.05, 0.1) is 0 Å². The molecular formula is C22H27N7O2. The number of carbonyl (C=O) groups is 2. The highest BCUT2D eigenvalue weighted by Gasteiger charge is 2.21. The molecule has 0 atom stereocenters. The third kappa shape index (κ3) is 5.17. The Kier molecular flexibility index (Phi) is 6.40. The summed E-state index contributed by atoms with van der Waals surface area (Å²) in [6.45, 7) is 2.83. The number of rotatable bonds is 7. The number of amides is 2. The van der Waals surface area contributed by atoms with E-state index in [1.165, 1.54) is 12.7 Å². The van der Waals surface area contributed by atoms with Crippen molar-refractivity contribution in [2.24, 2.45) is 5.92 Å². The van der Waals surface area contributed by atoms with Gasteiger partial charge >= 0.3 is 0 Å². The lowest BCUT2D eigenvalue weighted by molar-refractivity contribution is -0.120. The monoisotopic (exact) mass is 421 g/mol. The van der Waals surface area contributed by atoms with Crippen molar-refractivity contribution in [3.8, 4) is 0 Å². The molecule has 4 rings (SSSR count). The van der Waals surface area contributed by atoms with Gasteiger partial charge in [0.25, 0.3) is 11.7 Å². The molecule has 0 unspecified atom stereocenters. The van der Waals surface area contributed by atoms with Crippen molar-refractivity contribution in [1.82, 2.24) is 24.9 Å². The van der Waals surface area contributed by atoms with Crippen LogP contribution in [0.2, 0.25) is 0 Å². The zero-order valence-corrected chi connectivity index (χ0v) is 17.6. The van der Waals surface area contributed by atoms with Crippen LogP contribution in [-0.2, 0) is 4.79 Å². The normalized spacial score (nSPS) is 14.4. The van der Waals surface area contributed by atoms with Crippen LogP contribution in [0, 0.1) is 12.8 Å². The Morgan fingerprint density at radius 1 is 1.13 bits per heavy atom. The summed E-state index contributed by atoms with van der Waals surface area (Å²) in [6.07, 6.45) is 6.76. The summed E-state index contributed by atoms with van der Waals surface area (Å²) in [5.41, 5.74) is 2.00. The number of carbonyl (C=O) groups excluding carboxylic acids is 2. The highest BCUT2D eigenvalue weighted by Crippen LogP contribution is 2.25. The van der Waals surface area contributed by atoms with E-state index in [0.29, 0.717) is 30.1 Å². The molecule has 2 aromatic heterocycles. The third-order valence-electron chi connectivity index (χ3n) is 5.46. The van der Waals surface area contributed by atoms with E-state index in [0.717, 1.165) is 37.2 Å². The summed E-state index contributed by atoms with van der Waals surface area (Å²) in [6, 6.07) is 8.93. The van der Waals surface area contributed by atoms with Gasteiger partial charge in [0.2, 0.25) is 5.91 Å². The number of benzene rings is 1. The predicted molar refractivity (Wildman–Crippen MR) is 118 cm³/mol. The molecule has 1 aromatic carbocycles. The van der Waals surface area contributed by atoms with Gasteiger partial charge in [-0.1, -0.05) is 25.3 Å². The number of nitrogens with zero attached hydrogens (tertiary/aromatic N) is 4. The second kappa shape index (κ2) is 9.55. The SMILES string of the molecule is Cc1cc(NCCNC(=O)c2cccc(NC(=O)C3CCCCC3)c2)n2ncnc2n1. The van der Waals surface area contributed by atoms with E-state index in [-0.39, 0.29) is 17.7 Å². The maximum Gasteiger partial charge on any atom is 0.254 e. The molecule has 2 amide bonds. The number of hydrogen-bond donors (Lipinski definition) is 3. The molecule has 0 aliphatic heterocycles. The second-order valence-electron chi connectivity index (χ2n) is 7.84. The minimum absolute atomic E-state index is 0.0496. The number of anilines is 2. The largest absolute Gasteiger partial charge is 0.368 e. The molecule has 9 heteroatoms. The average molecular weight is 422 g/mol. The van der Waals surface area contributed by atoms with Crippen LogP contribution in [0.4, 0.5) is 11.5 Å². The van der Waals surface area contributed by atoms with Gasteiger partial charge in [-0.15, -0.1) is 0 Å². The van der Waals surface area contributed by atoms with Crippen molar-refractivity contribution >= 4 is 29.1 Å². The van der Waals surface area contributed by atoms with Crippen molar-refractivity contribution in [2.75, 3.05) is 23.7 Å². The Labute approximate surface area is 180 Å². The lowest BCUT2D eigenvalue weighted by Gasteiger charge is -2.20. The first-order valence-electron chi connectivity index (χ1n) is 10.7. The Hall–Kier alpha value is -3.49. The fourth-order valence-electron chi connectivity index (χ4n) is 3.87. The van der Waals surface area contributed by atoms with Gasteiger partial charge in [0, 0.05) is 42.0 Å². The van der Waals surface area contributed by atoms with E-state index in [1.54, 1.807) is 22.7 Å². The Bertz CT molecular complexity index is 1070. The molecule has 0 saturated heterocycles. The lowest BCUT2D eigenvalue weighted by atomic mass is 9.88. The van der Waals surface area contributed by atoms with Gasteiger partial charge in [-0.2, -0.15) is 14.6 Å². The molecule has 2 heterocycles. The molecule has 1 aliphatic rings. The van der Waals surface area contributed by atoms with Gasteiger partial charge in [-0.05, 0) is 38.0 Å². The zero-order valence-electron chi connectivity index (χ0n) is 17.6. The summed E-state index contributed by atoms with van der Waals surface area (Å²) >= 11 is 0. The van der Waals surface area contributed by atoms with Crippen LogP contribution >= 0.6 is 0 Å². The Morgan fingerprint density at radius 3 is 2.81 bits per heavy atom. The Morgan fingerprint density at radius 2 is 1.97 bits per heavy atom. The molecule has 1 fully saturated rings. The summed E-state index contributed by atoms with van der Waals surface area (Å²) in [5, 5.41) is 13.2. The van der Waals surface area contributed by atoms with Gasteiger partial charge in [0.15, 0.2) is 0 Å². The lowest BCUT2D eigenvalue weighted by Crippen LogP contribution is -2.29. The number of hydrogen-bond acceptors (Lipinski definition) is 6. The van der Waals surface area contributed by atoms with Crippen LogP contribution < -0.4 is 16.0 Å². The number of nitrogens with one attached hydrogen (secondary N) is 3. The van der Waals surface area contributed by atoms with Crippen molar-refractivity contribution < 1.29 is 9.59 Å². The minimum atomic E-state index is -0.188. The first-order valence-corrected chi connectivity index (χ1v) is 10.7. The number of aryl methyl sites for hydroxylation is 1. The summed E-state index contributed by atoms with van der Waals surface area (Å²) in [7, 11) is 0. The standard InChI is InChI=1S/C22H27N7O2/c1-15-12-19(29-22(27-15)25-14-26-29)23-10-11-24-20(30)17-8-5-9-18(13-17)28-21(31)16-6-3-2-4-7-16/h5,8-9,12-14,16,23H,2-4,6-7,10-11H2,1H3,(H,24,30)(H,28,31). The van der Waals surface area contributed by atoms with Gasteiger partial charge in [-0.3, -0.25) is 9.59 Å². The first-order chi connectivity index (χ1) is 15.1. The second-order valence-corrected chi connectivity index (χ2v) is 7.84. The predicted octanol–water partition coefficient (Wildman–Crippen LogP) is 2.79. The summed E-state index contributed by atoms with van der Waals surface area (Å²) in [4.78, 5) is 33.4. The van der Waals surface area contributed by atoms with Crippen LogP contribution in [-0.4, -0.2) is 44.5 Å². The van der Waals surface area contributed by atoms with Crippen molar-refractivity contribution in [2.45, 2.75) is 39.0 Å². The van der Waals surface area contributed by atoms with E-state index in [1.807, 2.05) is 19.1 Å². The number of aromatic nitrogens is 4. The molecule has 3 N–H and O–H groups in total. The van der Waals surface area contributed by atoms with E-state index in [2.05, 4.69) is 31.0 Å². The number of fused-ring (bicyclic) bond motifs is 1. The van der Waals surface area contributed by atoms with Gasteiger partial charge in [-0.25, -0.2) is 4.98 Å². The molecule has 1 saturated carbocycles. The molecule has 3 aromatic rings. The fourth-order valence-corrected chi connectivity index (χ4v) is 3.87. The third-order valence-corrected chi connectivity index (χ3v) is 5.46.